The number of urea groups is 1. The Labute approximate surface area is 183 Å². The summed E-state index contributed by atoms with van der Waals surface area (Å²) >= 11 is 6.29. The Kier molecular flexibility index (Phi) is 5.77. The van der Waals surface area contributed by atoms with E-state index < -0.39 is 0 Å². The van der Waals surface area contributed by atoms with Crippen LogP contribution in [0.2, 0.25) is 5.02 Å². The number of nitrogens with two attached hydrogens (primary N) is 1. The fourth-order valence-electron chi connectivity index (χ4n) is 3.41. The van der Waals surface area contributed by atoms with E-state index >= 15 is 0 Å². The highest BCUT2D eigenvalue weighted by molar-refractivity contribution is 6.31. The molecule has 2 amide bonds. The maximum Gasteiger partial charge on any atom is 0.318 e. The molecule has 9 nitrogen and oxygen atoms in total. The van der Waals surface area contributed by atoms with Crippen molar-refractivity contribution in [3.05, 3.63) is 76.5 Å². The molecule has 3 N–H and O–H groups in total. The molecule has 0 aliphatic heterocycles. The van der Waals surface area contributed by atoms with Crippen molar-refractivity contribution in [3.8, 4) is 0 Å². The number of halogens is 1. The van der Waals surface area contributed by atoms with Crippen molar-refractivity contribution in [2.24, 2.45) is 0 Å². The van der Waals surface area contributed by atoms with Gasteiger partial charge in [-0.25, -0.2) is 9.78 Å². The van der Waals surface area contributed by atoms with Crippen LogP contribution in [0.15, 0.2) is 53.1 Å². The SMILES string of the molecule is Cc1nc2ccccn2c1CN(Cc1nnc(N)o1)C(=O)NC(C)c1ccccc1Cl. The van der Waals surface area contributed by atoms with Crippen molar-refractivity contribution >= 4 is 29.3 Å². The molecule has 3 aromatic heterocycles. The first-order chi connectivity index (χ1) is 14.9. The highest BCUT2D eigenvalue weighted by Gasteiger charge is 2.23. The predicted molar refractivity (Wildman–Crippen MR) is 116 cm³/mol. The summed E-state index contributed by atoms with van der Waals surface area (Å²) in [7, 11) is 0. The molecule has 0 saturated carbocycles. The minimum Gasteiger partial charge on any atom is -0.406 e. The van der Waals surface area contributed by atoms with Gasteiger partial charge in [-0.3, -0.25) is 0 Å². The smallest absolute Gasteiger partial charge is 0.318 e. The van der Waals surface area contributed by atoms with Gasteiger partial charge in [-0.05, 0) is 37.6 Å². The molecule has 4 aromatic rings. The topological polar surface area (TPSA) is 115 Å². The molecule has 0 bridgehead atoms. The van der Waals surface area contributed by atoms with Crippen molar-refractivity contribution in [2.45, 2.75) is 33.0 Å². The number of nitrogen functional groups attached to an aromatic ring is 1. The van der Waals surface area contributed by atoms with Gasteiger partial charge in [0.05, 0.1) is 24.0 Å². The molecule has 0 radical (unpaired) electrons. The number of imidazole rings is 1. The Morgan fingerprint density at radius 1 is 1.23 bits per heavy atom. The van der Waals surface area contributed by atoms with Gasteiger partial charge in [0.15, 0.2) is 0 Å². The molecule has 10 heteroatoms. The Morgan fingerprint density at radius 2 is 2.00 bits per heavy atom. The Morgan fingerprint density at radius 3 is 2.74 bits per heavy atom. The molecule has 0 fully saturated rings. The first kappa shape index (κ1) is 20.7. The molecule has 1 atom stereocenters. The fraction of sp³-hybridized carbons (Fsp3) is 0.238. The summed E-state index contributed by atoms with van der Waals surface area (Å²) in [5, 5.41) is 11.2. The van der Waals surface area contributed by atoms with Gasteiger partial charge in [-0.1, -0.05) is 41.0 Å². The van der Waals surface area contributed by atoms with E-state index in [0.717, 1.165) is 22.6 Å². The Balaban J connectivity index is 1.61. The number of pyridine rings is 1. The molecular formula is C21H22ClN7O2. The van der Waals surface area contributed by atoms with E-state index in [9.17, 15) is 4.79 Å². The molecule has 31 heavy (non-hydrogen) atoms. The normalized spacial score (nSPS) is 12.1. The van der Waals surface area contributed by atoms with Crippen LogP contribution in [0, 0.1) is 6.92 Å². The second-order valence-electron chi connectivity index (χ2n) is 7.16. The number of aromatic nitrogens is 4. The summed E-state index contributed by atoms with van der Waals surface area (Å²) in [5.74, 6) is 0.240. The van der Waals surface area contributed by atoms with Gasteiger partial charge in [0.2, 0.25) is 5.89 Å². The highest BCUT2D eigenvalue weighted by atomic mass is 35.5. The number of anilines is 1. The highest BCUT2D eigenvalue weighted by Crippen LogP contribution is 2.23. The molecule has 4 rings (SSSR count). The monoisotopic (exact) mass is 439 g/mol. The van der Waals surface area contributed by atoms with Crippen LogP contribution in [0.4, 0.5) is 10.8 Å². The lowest BCUT2D eigenvalue weighted by molar-refractivity contribution is 0.182. The van der Waals surface area contributed by atoms with Crippen LogP contribution < -0.4 is 11.1 Å². The van der Waals surface area contributed by atoms with E-state index in [4.69, 9.17) is 21.8 Å². The van der Waals surface area contributed by atoms with Crippen LogP contribution in [0.25, 0.3) is 5.65 Å². The fourth-order valence-corrected chi connectivity index (χ4v) is 3.71. The molecule has 0 aliphatic rings. The van der Waals surface area contributed by atoms with Crippen molar-refractivity contribution in [1.82, 2.24) is 29.8 Å². The molecular weight excluding hydrogens is 418 g/mol. The van der Waals surface area contributed by atoms with E-state index in [1.54, 1.807) is 11.0 Å². The standard InChI is InChI=1S/C21H22ClN7O2/c1-13(15-7-3-4-8-16(15)22)25-21(30)28(12-19-26-27-20(23)31-19)11-17-14(2)24-18-9-5-6-10-29(17)18/h3-10,13H,11-12H2,1-2H3,(H2,23,27)(H,25,30). The lowest BCUT2D eigenvalue weighted by Gasteiger charge is -2.25. The van der Waals surface area contributed by atoms with E-state index in [0.29, 0.717) is 5.02 Å². The maximum absolute atomic E-state index is 13.2. The van der Waals surface area contributed by atoms with Gasteiger partial charge in [0.1, 0.15) is 12.2 Å². The second-order valence-corrected chi connectivity index (χ2v) is 7.56. The van der Waals surface area contributed by atoms with Gasteiger partial charge < -0.3 is 24.8 Å². The number of nitrogens with zero attached hydrogens (tertiary/aromatic N) is 5. The number of hydrogen-bond donors (Lipinski definition) is 2. The lowest BCUT2D eigenvalue weighted by atomic mass is 10.1. The number of fused-ring (bicyclic) bond motifs is 1. The third-order valence-electron chi connectivity index (χ3n) is 4.98. The number of aryl methyl sites for hydroxylation is 1. The molecule has 3 heterocycles. The van der Waals surface area contributed by atoms with Crippen LogP contribution in [0.5, 0.6) is 0 Å². The van der Waals surface area contributed by atoms with Crippen LogP contribution >= 0.6 is 11.6 Å². The molecule has 0 saturated heterocycles. The van der Waals surface area contributed by atoms with Gasteiger partial charge in [0.25, 0.3) is 0 Å². The number of benzene rings is 1. The minimum atomic E-state index is -0.311. The Hall–Kier alpha value is -3.59. The van der Waals surface area contributed by atoms with Crippen LogP contribution in [-0.4, -0.2) is 30.5 Å². The third-order valence-corrected chi connectivity index (χ3v) is 5.32. The lowest BCUT2D eigenvalue weighted by Crippen LogP contribution is -2.40. The number of nitrogens with one attached hydrogen (secondary N) is 1. The maximum atomic E-state index is 13.2. The molecule has 1 unspecified atom stereocenters. The largest absolute Gasteiger partial charge is 0.406 e. The zero-order valence-electron chi connectivity index (χ0n) is 17.1. The first-order valence-electron chi connectivity index (χ1n) is 9.72. The van der Waals surface area contributed by atoms with Gasteiger partial charge in [-0.15, -0.1) is 5.10 Å². The van der Waals surface area contributed by atoms with E-state index in [1.807, 2.05) is 60.8 Å². The van der Waals surface area contributed by atoms with Crippen molar-refractivity contribution < 1.29 is 9.21 Å². The number of rotatable bonds is 6. The summed E-state index contributed by atoms with van der Waals surface area (Å²) in [4.78, 5) is 19.4. The number of hydrogen-bond acceptors (Lipinski definition) is 6. The summed E-state index contributed by atoms with van der Waals surface area (Å²) in [5.41, 5.74) is 8.89. The van der Waals surface area contributed by atoms with Gasteiger partial charge >= 0.3 is 12.0 Å². The van der Waals surface area contributed by atoms with Gasteiger partial charge in [-0.2, -0.15) is 0 Å². The number of carbonyl (C=O) groups excluding carboxylic acids is 1. The Bertz CT molecular complexity index is 1220. The second kappa shape index (κ2) is 8.65. The van der Waals surface area contributed by atoms with Crippen LogP contribution in [0.3, 0.4) is 0 Å². The van der Waals surface area contributed by atoms with E-state index in [-0.39, 0.29) is 37.1 Å². The minimum absolute atomic E-state index is 0.0502. The van der Waals surface area contributed by atoms with E-state index in [1.165, 1.54) is 0 Å². The molecule has 0 aliphatic carbocycles. The quantitative estimate of drug-likeness (QED) is 0.473. The zero-order valence-corrected chi connectivity index (χ0v) is 17.9. The molecule has 0 spiro atoms. The molecule has 160 valence electrons. The summed E-state index contributed by atoms with van der Waals surface area (Å²) in [6.07, 6.45) is 1.91. The average molecular weight is 440 g/mol. The summed E-state index contributed by atoms with van der Waals surface area (Å²) in [6.45, 7) is 4.15. The summed E-state index contributed by atoms with van der Waals surface area (Å²) in [6, 6.07) is 12.5. The first-order valence-corrected chi connectivity index (χ1v) is 10.1. The van der Waals surface area contributed by atoms with Crippen LogP contribution in [0.1, 0.15) is 35.8 Å². The van der Waals surface area contributed by atoms with Gasteiger partial charge in [0, 0.05) is 11.2 Å². The number of amides is 2. The number of carbonyl (C=O) groups is 1. The van der Waals surface area contributed by atoms with Crippen LogP contribution in [-0.2, 0) is 13.1 Å². The average Bonchev–Trinajstić information content (AvgIpc) is 3.30. The zero-order chi connectivity index (χ0) is 22.0. The predicted octanol–water partition coefficient (Wildman–Crippen LogP) is 3.73. The third kappa shape index (κ3) is 4.46. The van der Waals surface area contributed by atoms with Crippen molar-refractivity contribution in [1.29, 1.82) is 0 Å². The van der Waals surface area contributed by atoms with Crippen molar-refractivity contribution in [2.75, 3.05) is 5.73 Å². The van der Waals surface area contributed by atoms with E-state index in [2.05, 4.69) is 20.5 Å². The summed E-state index contributed by atoms with van der Waals surface area (Å²) < 4.78 is 7.25. The van der Waals surface area contributed by atoms with Crippen molar-refractivity contribution in [3.63, 3.8) is 0 Å². The molecule has 1 aromatic carbocycles.